The van der Waals surface area contributed by atoms with E-state index in [1.807, 2.05) is 0 Å². The van der Waals surface area contributed by atoms with E-state index in [0.29, 0.717) is 10.8 Å². The molecule has 1 atom stereocenters. The van der Waals surface area contributed by atoms with Gasteiger partial charge in [0.15, 0.2) is 0 Å². The second-order valence-electron chi connectivity index (χ2n) is 4.64. The first-order valence-electron chi connectivity index (χ1n) is 8.78. The molecule has 2 aromatic rings. The van der Waals surface area contributed by atoms with Crippen LogP contribution >= 0.6 is 0 Å². The molecule has 0 heterocycles. The fourth-order valence-corrected chi connectivity index (χ4v) is 1.66. The van der Waals surface area contributed by atoms with Crippen molar-refractivity contribution in [2.24, 2.45) is 0 Å². The molecule has 4 heteroatoms. The maximum Gasteiger partial charge on any atom is 0.127 e. The van der Waals surface area contributed by atoms with Crippen LogP contribution in [0.1, 0.15) is 20.7 Å². The van der Waals surface area contributed by atoms with E-state index in [1.54, 1.807) is 32.0 Å². The van der Waals surface area contributed by atoms with Gasteiger partial charge in [0, 0.05) is 20.7 Å². The number of benzene rings is 2. The molecule has 0 bridgehead atoms. The second kappa shape index (κ2) is 6.59. The zero-order valence-corrected chi connectivity index (χ0v) is 11.3. The molecule has 2 aromatic carbocycles. The second-order valence-corrected chi connectivity index (χ2v) is 4.64. The van der Waals surface area contributed by atoms with Crippen LogP contribution in [0.2, 0.25) is 0 Å². The Morgan fingerprint density at radius 3 is 2.90 bits per heavy atom. The molecule has 0 saturated carbocycles. The molecule has 0 saturated heterocycles. The molecule has 2 rings (SSSR count). The minimum Gasteiger partial charge on any atom is -0.508 e. The first-order chi connectivity index (χ1) is 11.4. The number of fused-ring (bicyclic) bond motifs is 1. The molecule has 108 valence electrons. The summed E-state index contributed by atoms with van der Waals surface area (Å²) in [4.78, 5) is 0. The fraction of sp³-hybridized carbons (Fsp3) is 0.375. The van der Waals surface area contributed by atoms with Gasteiger partial charge in [-0.15, -0.1) is 0 Å². The Balaban J connectivity index is 2.43. The summed E-state index contributed by atoms with van der Waals surface area (Å²) in [6.45, 7) is -2.65. The zero-order valence-electron chi connectivity index (χ0n) is 16.3. The first-order valence-corrected chi connectivity index (χ1v) is 6.28. The molecule has 0 aliphatic rings. The highest BCUT2D eigenvalue weighted by Crippen LogP contribution is 2.28. The van der Waals surface area contributed by atoms with Crippen LogP contribution in [0, 0.1) is 0 Å². The third-order valence-electron chi connectivity index (χ3n) is 2.56. The van der Waals surface area contributed by atoms with Gasteiger partial charge in [-0.25, -0.2) is 0 Å². The monoisotopic (exact) mass is 280 g/mol. The summed E-state index contributed by atoms with van der Waals surface area (Å²) >= 11 is 0. The number of nitrogens with one attached hydrogen (secondary N) is 1. The van der Waals surface area contributed by atoms with Crippen molar-refractivity contribution in [3.63, 3.8) is 0 Å². The van der Waals surface area contributed by atoms with Crippen molar-refractivity contribution in [3.05, 3.63) is 36.4 Å². The highest BCUT2D eigenvalue weighted by Gasteiger charge is 2.08. The van der Waals surface area contributed by atoms with Crippen molar-refractivity contribution in [1.29, 1.82) is 0 Å². The first kappa shape index (κ1) is 9.21. The lowest BCUT2D eigenvalue weighted by Gasteiger charge is -2.16. The summed E-state index contributed by atoms with van der Waals surface area (Å²) in [5, 5.41) is 23.3. The summed E-state index contributed by atoms with van der Waals surface area (Å²) in [5.41, 5.74) is 0. The molecule has 0 radical (unpaired) electrons. The molecule has 0 spiro atoms. The Morgan fingerprint density at radius 1 is 1.35 bits per heavy atom. The van der Waals surface area contributed by atoms with Gasteiger partial charge in [0.1, 0.15) is 24.1 Å². The van der Waals surface area contributed by atoms with E-state index in [4.69, 9.17) is 11.6 Å². The maximum absolute atomic E-state index is 10.3. The van der Waals surface area contributed by atoms with Crippen molar-refractivity contribution in [3.8, 4) is 11.5 Å². The average molecular weight is 280 g/mol. The Kier molecular flexibility index (Phi) is 3.03. The van der Waals surface area contributed by atoms with Gasteiger partial charge < -0.3 is 20.3 Å². The summed E-state index contributed by atoms with van der Waals surface area (Å²) in [5.74, 6) is -0.0773. The summed E-state index contributed by atoms with van der Waals surface area (Å²) in [6, 6.07) is 8.74. The molecule has 0 amide bonds. The van der Waals surface area contributed by atoms with Crippen LogP contribution in [0.25, 0.3) is 10.8 Å². The Bertz CT molecular complexity index is 765. The summed E-state index contributed by atoms with van der Waals surface area (Å²) in [7, 11) is 0. The van der Waals surface area contributed by atoms with Gasteiger partial charge in [0.25, 0.3) is 0 Å². The topological polar surface area (TPSA) is 61.7 Å². The van der Waals surface area contributed by atoms with Crippen LogP contribution in [0.15, 0.2) is 36.4 Å². The smallest absolute Gasteiger partial charge is 0.127 e. The van der Waals surface area contributed by atoms with Crippen molar-refractivity contribution in [2.45, 2.75) is 26.0 Å². The molecule has 3 N–H and O–H groups in total. The van der Waals surface area contributed by atoms with Crippen LogP contribution < -0.4 is 10.1 Å². The number of phenolic OH excluding ortho intramolecular Hbond substituents is 1. The molecule has 0 aliphatic heterocycles. The Morgan fingerprint density at radius 2 is 2.15 bits per heavy atom. The van der Waals surface area contributed by atoms with Gasteiger partial charge in [-0.2, -0.15) is 0 Å². The van der Waals surface area contributed by atoms with E-state index in [-0.39, 0.29) is 11.5 Å². The molecule has 1 unspecified atom stereocenters. The minimum absolute atomic E-state index is 0.0237. The SMILES string of the molecule is [2H]C([2H])(NC(C)C)C([2H])(O)C([2H])([2H])Oc1cccc2ccc(O)cc12. The molecule has 0 aliphatic carbocycles. The fourth-order valence-electron chi connectivity index (χ4n) is 1.66. The number of ether oxygens (including phenoxy) is 1. The van der Waals surface area contributed by atoms with Gasteiger partial charge in [0.05, 0.1) is 4.11 Å². The van der Waals surface area contributed by atoms with Crippen molar-refractivity contribution < 1.29 is 21.8 Å². The normalized spacial score (nSPS) is 19.5. The number of aromatic hydroxyl groups is 1. The number of phenols is 1. The Hall–Kier alpha value is -1.78. The molecular weight excluding hydrogens is 254 g/mol. The van der Waals surface area contributed by atoms with E-state index in [0.717, 1.165) is 0 Å². The van der Waals surface area contributed by atoms with Crippen LogP contribution in [0.4, 0.5) is 0 Å². The van der Waals surface area contributed by atoms with E-state index in [9.17, 15) is 10.2 Å². The summed E-state index contributed by atoms with van der Waals surface area (Å²) in [6.07, 6.45) is -3.25. The van der Waals surface area contributed by atoms with Crippen LogP contribution in [0.5, 0.6) is 11.5 Å². The van der Waals surface area contributed by atoms with Gasteiger partial charge in [-0.3, -0.25) is 0 Å². The molecule has 0 fully saturated rings. The lowest BCUT2D eigenvalue weighted by molar-refractivity contribution is 0.105. The lowest BCUT2D eigenvalue weighted by atomic mass is 10.1. The third-order valence-corrected chi connectivity index (χ3v) is 2.56. The predicted molar refractivity (Wildman–Crippen MR) is 80.3 cm³/mol. The number of hydrogen-bond acceptors (Lipinski definition) is 4. The minimum atomic E-state index is -3.25. The summed E-state index contributed by atoms with van der Waals surface area (Å²) < 4.78 is 44.7. The standard InChI is InChI=1S/C16H21NO3/c1-11(2)17-9-14(19)10-20-16-5-3-4-12-6-7-13(18)8-15(12)16/h3-8,11,14,17-19H,9-10H2,1-2H3/i9D2,10D2,14D. The molecule has 4 nitrogen and oxygen atoms in total. The zero-order chi connectivity index (χ0) is 19.0. The predicted octanol–water partition coefficient (Wildman–Crippen LogP) is 2.28. The van der Waals surface area contributed by atoms with Crippen molar-refractivity contribution >= 4 is 10.8 Å². The van der Waals surface area contributed by atoms with Crippen molar-refractivity contribution in [1.82, 2.24) is 5.32 Å². The third kappa shape index (κ3) is 3.85. The molecule has 20 heavy (non-hydrogen) atoms. The highest BCUT2D eigenvalue weighted by molar-refractivity contribution is 5.89. The van der Waals surface area contributed by atoms with E-state index < -0.39 is 25.2 Å². The van der Waals surface area contributed by atoms with Crippen LogP contribution in [0.3, 0.4) is 0 Å². The molecular formula is C16H21NO3. The van der Waals surface area contributed by atoms with Crippen LogP contribution in [-0.4, -0.2) is 35.4 Å². The number of aliphatic hydroxyl groups is 1. The molecule has 0 aromatic heterocycles. The van der Waals surface area contributed by atoms with Gasteiger partial charge in [0.2, 0.25) is 0 Å². The van der Waals surface area contributed by atoms with E-state index >= 15 is 0 Å². The number of rotatable bonds is 6. The van der Waals surface area contributed by atoms with Gasteiger partial charge in [-0.05, 0) is 23.6 Å². The Labute approximate surface area is 126 Å². The quantitative estimate of drug-likeness (QED) is 0.759. The number of hydrogen-bond donors (Lipinski definition) is 3. The maximum atomic E-state index is 10.3. The van der Waals surface area contributed by atoms with Gasteiger partial charge >= 0.3 is 0 Å². The highest BCUT2D eigenvalue weighted by atomic mass is 16.5. The lowest BCUT2D eigenvalue weighted by Crippen LogP contribution is -2.35. The van der Waals surface area contributed by atoms with Crippen LogP contribution in [-0.2, 0) is 0 Å². The average Bonchev–Trinajstić information content (AvgIpc) is 2.46. The van der Waals surface area contributed by atoms with E-state index in [1.165, 1.54) is 18.2 Å². The largest absolute Gasteiger partial charge is 0.508 e. The van der Waals surface area contributed by atoms with E-state index in [2.05, 4.69) is 5.32 Å². The van der Waals surface area contributed by atoms with Gasteiger partial charge in [-0.1, -0.05) is 32.0 Å². The van der Waals surface area contributed by atoms with Crippen molar-refractivity contribution in [2.75, 3.05) is 13.1 Å².